The van der Waals surface area contributed by atoms with Crippen molar-refractivity contribution in [1.29, 1.82) is 0 Å². The predicted molar refractivity (Wildman–Crippen MR) is 138 cm³/mol. The third kappa shape index (κ3) is 6.09. The molecule has 0 amide bonds. The molecule has 1 heteroatoms. The van der Waals surface area contributed by atoms with Crippen LogP contribution in [0.15, 0.2) is 72.8 Å². The van der Waals surface area contributed by atoms with Crippen molar-refractivity contribution in [3.8, 4) is 22.3 Å². The van der Waals surface area contributed by atoms with Gasteiger partial charge in [0.15, 0.2) is 0 Å². The molecule has 0 atom stereocenters. The minimum atomic E-state index is 0. The summed E-state index contributed by atoms with van der Waals surface area (Å²) < 4.78 is 0. The molecule has 0 aliphatic heterocycles. The van der Waals surface area contributed by atoms with E-state index in [9.17, 15) is 0 Å². The van der Waals surface area contributed by atoms with Gasteiger partial charge in [-0.05, 0) is 77.3 Å². The molecule has 0 bridgehead atoms. The van der Waals surface area contributed by atoms with Crippen molar-refractivity contribution in [3.63, 3.8) is 0 Å². The highest BCUT2D eigenvalue weighted by Gasteiger charge is 2.21. The lowest BCUT2D eigenvalue weighted by Gasteiger charge is -2.29. The average Bonchev–Trinajstić information content (AvgIpc) is 2.84. The SMILES string of the molecule is CCCCC1CCC(c2ccc(-c3ccc(-c4ccc(CCC)cc4)cc3)cc2)CC1.F. The average molecular weight is 431 g/mol. The van der Waals surface area contributed by atoms with Crippen LogP contribution in [0.4, 0.5) is 4.70 Å². The summed E-state index contributed by atoms with van der Waals surface area (Å²) in [6, 6.07) is 27.5. The van der Waals surface area contributed by atoms with E-state index in [4.69, 9.17) is 0 Å². The molecular weight excluding hydrogens is 391 g/mol. The lowest BCUT2D eigenvalue weighted by molar-refractivity contribution is 0.304. The highest BCUT2D eigenvalue weighted by atomic mass is 19.0. The van der Waals surface area contributed by atoms with Crippen LogP contribution in [0.2, 0.25) is 0 Å². The fraction of sp³-hybridized carbons (Fsp3) is 0.419. The first kappa shape index (κ1) is 24.2. The highest BCUT2D eigenvalue weighted by molar-refractivity contribution is 5.70. The molecule has 0 unspecified atom stereocenters. The van der Waals surface area contributed by atoms with Crippen molar-refractivity contribution >= 4 is 0 Å². The molecule has 4 rings (SSSR count). The van der Waals surface area contributed by atoms with Crippen molar-refractivity contribution in [2.24, 2.45) is 5.92 Å². The van der Waals surface area contributed by atoms with E-state index in [0.717, 1.165) is 18.3 Å². The van der Waals surface area contributed by atoms with Crippen LogP contribution in [0.3, 0.4) is 0 Å². The topological polar surface area (TPSA) is 0 Å². The van der Waals surface area contributed by atoms with Gasteiger partial charge in [0.2, 0.25) is 0 Å². The number of hydrogen-bond acceptors (Lipinski definition) is 0. The normalized spacial score (nSPS) is 18.2. The summed E-state index contributed by atoms with van der Waals surface area (Å²) in [6.45, 7) is 4.55. The van der Waals surface area contributed by atoms with Crippen molar-refractivity contribution in [2.75, 3.05) is 0 Å². The summed E-state index contributed by atoms with van der Waals surface area (Å²) in [6.07, 6.45) is 12.2. The first-order chi connectivity index (χ1) is 15.3. The van der Waals surface area contributed by atoms with Crippen molar-refractivity contribution in [3.05, 3.63) is 83.9 Å². The van der Waals surface area contributed by atoms with E-state index in [1.54, 1.807) is 5.56 Å². The Bertz CT molecular complexity index is 914. The fourth-order valence-corrected chi connectivity index (χ4v) is 5.23. The Morgan fingerprint density at radius 2 is 1.06 bits per heavy atom. The Balaban J connectivity index is 0.00000289. The molecule has 0 radical (unpaired) electrons. The van der Waals surface area contributed by atoms with Crippen LogP contribution in [0.1, 0.15) is 82.3 Å². The first-order valence-corrected chi connectivity index (χ1v) is 12.6. The minimum Gasteiger partial charge on any atom is -0.269 e. The number of benzene rings is 3. The molecule has 32 heavy (non-hydrogen) atoms. The highest BCUT2D eigenvalue weighted by Crippen LogP contribution is 2.38. The molecule has 1 fully saturated rings. The second-order valence-corrected chi connectivity index (χ2v) is 9.51. The number of halogens is 1. The van der Waals surface area contributed by atoms with E-state index in [0.29, 0.717) is 0 Å². The maximum Gasteiger partial charge on any atom is -0.0162 e. The molecule has 1 aliphatic rings. The van der Waals surface area contributed by atoms with Gasteiger partial charge in [0.25, 0.3) is 0 Å². The number of hydrogen-bond donors (Lipinski definition) is 0. The van der Waals surface area contributed by atoms with Crippen molar-refractivity contribution < 1.29 is 4.70 Å². The van der Waals surface area contributed by atoms with Gasteiger partial charge in [0.05, 0.1) is 0 Å². The van der Waals surface area contributed by atoms with Crippen LogP contribution in [0.25, 0.3) is 22.3 Å². The fourth-order valence-electron chi connectivity index (χ4n) is 5.23. The molecule has 1 aliphatic carbocycles. The van der Waals surface area contributed by atoms with Gasteiger partial charge in [-0.25, -0.2) is 0 Å². The molecule has 0 aromatic heterocycles. The molecule has 3 aromatic carbocycles. The lowest BCUT2D eigenvalue weighted by Crippen LogP contribution is -2.13. The zero-order valence-corrected chi connectivity index (χ0v) is 19.9. The summed E-state index contributed by atoms with van der Waals surface area (Å²) in [5.74, 6) is 1.75. The minimum absolute atomic E-state index is 0. The molecule has 0 N–H and O–H groups in total. The smallest absolute Gasteiger partial charge is 0.0162 e. The van der Waals surface area contributed by atoms with Gasteiger partial charge < -0.3 is 0 Å². The Labute approximate surface area is 194 Å². The number of aryl methyl sites for hydroxylation is 1. The van der Waals surface area contributed by atoms with Crippen LogP contribution in [0, 0.1) is 5.92 Å². The Kier molecular flexibility index (Phi) is 9.09. The van der Waals surface area contributed by atoms with Crippen LogP contribution in [0.5, 0.6) is 0 Å². The van der Waals surface area contributed by atoms with Crippen molar-refractivity contribution in [1.82, 2.24) is 0 Å². The quantitative estimate of drug-likeness (QED) is 0.334. The summed E-state index contributed by atoms with van der Waals surface area (Å²) in [4.78, 5) is 0. The first-order valence-electron chi connectivity index (χ1n) is 12.6. The molecule has 0 spiro atoms. The number of unbranched alkanes of at least 4 members (excludes halogenated alkanes) is 1. The molecule has 0 saturated heterocycles. The van der Waals surface area contributed by atoms with Gasteiger partial charge in [0.1, 0.15) is 0 Å². The Morgan fingerprint density at radius 3 is 1.53 bits per heavy atom. The van der Waals surface area contributed by atoms with Crippen LogP contribution < -0.4 is 0 Å². The van der Waals surface area contributed by atoms with E-state index in [1.165, 1.54) is 79.2 Å². The molecule has 1 saturated carbocycles. The van der Waals surface area contributed by atoms with Crippen molar-refractivity contribution in [2.45, 2.75) is 77.6 Å². The second-order valence-electron chi connectivity index (χ2n) is 9.51. The van der Waals surface area contributed by atoms with Gasteiger partial charge in [-0.3, -0.25) is 4.70 Å². The van der Waals surface area contributed by atoms with E-state index < -0.39 is 0 Å². The second kappa shape index (κ2) is 12.0. The largest absolute Gasteiger partial charge is 0.269 e. The standard InChI is InChI=1S/C31H38.FH/c1-3-5-7-25-10-14-27(15-11-25)29-18-22-31(23-19-29)30-20-16-28(17-21-30)26-12-8-24(6-4-2)9-13-26;/h8-9,12-13,16-23,25,27H,3-7,10-11,14-15H2,1-2H3;1H. The van der Waals surface area contributed by atoms with E-state index in [1.807, 2.05) is 0 Å². The summed E-state index contributed by atoms with van der Waals surface area (Å²) in [5, 5.41) is 0. The van der Waals surface area contributed by atoms with E-state index in [-0.39, 0.29) is 4.70 Å². The number of rotatable bonds is 8. The van der Waals surface area contributed by atoms with Gasteiger partial charge in [-0.2, -0.15) is 0 Å². The third-order valence-corrected chi connectivity index (χ3v) is 7.24. The zero-order chi connectivity index (χ0) is 21.5. The molecule has 0 nitrogen and oxygen atoms in total. The molecule has 3 aromatic rings. The maximum atomic E-state index is 2.38. The van der Waals surface area contributed by atoms with Gasteiger partial charge in [-0.15, -0.1) is 0 Å². The van der Waals surface area contributed by atoms with Crippen LogP contribution in [-0.2, 0) is 6.42 Å². The summed E-state index contributed by atoms with van der Waals surface area (Å²) in [7, 11) is 0. The monoisotopic (exact) mass is 430 g/mol. The Morgan fingerprint density at radius 1 is 0.594 bits per heavy atom. The van der Waals surface area contributed by atoms with Crippen LogP contribution >= 0.6 is 0 Å². The zero-order valence-electron chi connectivity index (χ0n) is 19.9. The molecule has 0 heterocycles. The van der Waals surface area contributed by atoms with E-state index >= 15 is 0 Å². The van der Waals surface area contributed by atoms with Crippen LogP contribution in [-0.4, -0.2) is 0 Å². The summed E-state index contributed by atoms with van der Waals surface area (Å²) in [5.41, 5.74) is 8.20. The summed E-state index contributed by atoms with van der Waals surface area (Å²) >= 11 is 0. The molecule has 170 valence electrons. The predicted octanol–water partition coefficient (Wildman–Crippen LogP) is 9.59. The maximum absolute atomic E-state index is 2.38. The van der Waals surface area contributed by atoms with E-state index in [2.05, 4.69) is 86.6 Å². The third-order valence-electron chi connectivity index (χ3n) is 7.24. The lowest BCUT2D eigenvalue weighted by atomic mass is 9.77. The molecular formula is C31H39F. The van der Waals surface area contributed by atoms with Gasteiger partial charge >= 0.3 is 0 Å². The van der Waals surface area contributed by atoms with Gasteiger partial charge in [0, 0.05) is 0 Å². The Hall–Kier alpha value is -2.41. The van der Waals surface area contributed by atoms with Gasteiger partial charge in [-0.1, -0.05) is 112 Å².